The Balaban J connectivity index is 2.02. The lowest BCUT2D eigenvalue weighted by molar-refractivity contribution is -0.120. The highest BCUT2D eigenvalue weighted by Crippen LogP contribution is 1.96. The van der Waals surface area contributed by atoms with Crippen LogP contribution in [0.4, 0.5) is 0 Å². The van der Waals surface area contributed by atoms with Crippen molar-refractivity contribution in [1.82, 2.24) is 20.4 Å². The zero-order valence-corrected chi connectivity index (χ0v) is 12.0. The number of H-pyrrole nitrogens is 2. The van der Waals surface area contributed by atoms with Gasteiger partial charge in [-0.3, -0.25) is 19.6 Å². The Morgan fingerprint density at radius 2 is 2.24 bits per heavy atom. The third-order valence-corrected chi connectivity index (χ3v) is 2.76. The summed E-state index contributed by atoms with van der Waals surface area (Å²) in [6.07, 6.45) is 1.62. The molecule has 0 saturated heterocycles. The number of amides is 1. The van der Waals surface area contributed by atoms with E-state index in [2.05, 4.69) is 25.5 Å². The van der Waals surface area contributed by atoms with Gasteiger partial charge < -0.3 is 4.98 Å². The molecule has 2 rings (SSSR count). The number of hydrogen-bond acceptors (Lipinski definition) is 5. The van der Waals surface area contributed by atoms with Gasteiger partial charge in [-0.05, 0) is 31.3 Å². The van der Waals surface area contributed by atoms with Crippen molar-refractivity contribution in [3.05, 3.63) is 57.0 Å². The largest absolute Gasteiger partial charge is 0.335 e. The molecule has 8 heteroatoms. The molecule has 0 aliphatic carbocycles. The first kappa shape index (κ1) is 14.8. The summed E-state index contributed by atoms with van der Waals surface area (Å²) < 4.78 is 0.179. The van der Waals surface area contributed by atoms with Crippen molar-refractivity contribution in [2.45, 2.75) is 13.3 Å². The number of aromatic nitrogens is 3. The van der Waals surface area contributed by atoms with Crippen molar-refractivity contribution in [2.24, 2.45) is 5.10 Å². The van der Waals surface area contributed by atoms with Gasteiger partial charge in [0.05, 0.1) is 17.8 Å². The van der Waals surface area contributed by atoms with Crippen molar-refractivity contribution < 1.29 is 4.79 Å². The molecule has 2 aromatic rings. The normalized spacial score (nSPS) is 11.2. The van der Waals surface area contributed by atoms with Gasteiger partial charge in [0, 0.05) is 18.0 Å². The van der Waals surface area contributed by atoms with Gasteiger partial charge >= 0.3 is 0 Å². The number of pyridine rings is 1. The number of nitrogens with one attached hydrogen (secondary N) is 3. The van der Waals surface area contributed by atoms with Gasteiger partial charge in [-0.1, -0.05) is 6.07 Å². The van der Waals surface area contributed by atoms with E-state index in [-0.39, 0.29) is 22.7 Å². The average molecular weight is 303 g/mol. The molecule has 0 spiro atoms. The third kappa shape index (κ3) is 4.46. The molecule has 0 fully saturated rings. The lowest BCUT2D eigenvalue weighted by atomic mass is 10.2. The van der Waals surface area contributed by atoms with Crippen molar-refractivity contribution >= 4 is 23.8 Å². The smallest absolute Gasteiger partial charge is 0.251 e. The second-order valence-corrected chi connectivity index (χ2v) is 4.65. The molecule has 0 aliphatic rings. The second kappa shape index (κ2) is 6.71. The summed E-state index contributed by atoms with van der Waals surface area (Å²) in [7, 11) is 0. The standard InChI is InChI=1S/C13H13N5O2S/c1-8(10-4-2-3-5-14-10)17-18-12(20)7-9-6-11(19)16-13(21)15-9/h2-6H,7H2,1H3,(H,18,20)(H2,15,16,19,21)/b17-8-. The molecule has 2 heterocycles. The molecule has 0 aromatic carbocycles. The fraction of sp³-hybridized carbons (Fsp3) is 0.154. The quantitative estimate of drug-likeness (QED) is 0.444. The molecule has 108 valence electrons. The van der Waals surface area contributed by atoms with Crippen molar-refractivity contribution in [3.63, 3.8) is 0 Å². The molecular formula is C13H13N5O2S. The van der Waals surface area contributed by atoms with E-state index in [0.717, 1.165) is 0 Å². The average Bonchev–Trinajstić information content (AvgIpc) is 2.44. The first-order chi connectivity index (χ1) is 10.0. The van der Waals surface area contributed by atoms with Gasteiger partial charge in [0.2, 0.25) is 5.91 Å². The molecular weight excluding hydrogens is 290 g/mol. The molecule has 2 aromatic heterocycles. The molecule has 0 atom stereocenters. The molecule has 0 saturated carbocycles. The molecule has 0 bridgehead atoms. The Bertz CT molecular complexity index is 751. The molecule has 3 N–H and O–H groups in total. The van der Waals surface area contributed by atoms with Crippen LogP contribution in [-0.4, -0.2) is 26.6 Å². The van der Waals surface area contributed by atoms with E-state index in [1.165, 1.54) is 6.07 Å². The Kier molecular flexibility index (Phi) is 4.72. The van der Waals surface area contributed by atoms with Crippen molar-refractivity contribution in [1.29, 1.82) is 0 Å². The van der Waals surface area contributed by atoms with Crippen LogP contribution in [0.25, 0.3) is 0 Å². The number of hydrogen-bond donors (Lipinski definition) is 3. The highest BCUT2D eigenvalue weighted by atomic mass is 32.1. The number of aromatic amines is 2. The predicted molar refractivity (Wildman–Crippen MR) is 80.5 cm³/mol. The predicted octanol–water partition coefficient (Wildman–Crippen LogP) is 0.910. The van der Waals surface area contributed by atoms with Gasteiger partial charge in [-0.25, -0.2) is 5.43 Å². The minimum absolute atomic E-state index is 0.0213. The van der Waals surface area contributed by atoms with Gasteiger partial charge in [-0.15, -0.1) is 0 Å². The van der Waals surface area contributed by atoms with Gasteiger partial charge in [0.15, 0.2) is 4.77 Å². The summed E-state index contributed by atoms with van der Waals surface area (Å²) in [5, 5.41) is 3.96. The first-order valence-corrected chi connectivity index (χ1v) is 6.52. The van der Waals surface area contributed by atoms with E-state index in [0.29, 0.717) is 17.1 Å². The van der Waals surface area contributed by atoms with E-state index in [9.17, 15) is 9.59 Å². The van der Waals surface area contributed by atoms with Crippen LogP contribution >= 0.6 is 12.2 Å². The lowest BCUT2D eigenvalue weighted by Crippen LogP contribution is -2.23. The summed E-state index contributed by atoms with van der Waals surface area (Å²) in [6, 6.07) is 6.70. The summed E-state index contributed by atoms with van der Waals surface area (Å²) in [4.78, 5) is 32.2. The van der Waals surface area contributed by atoms with Crippen LogP contribution in [0, 0.1) is 4.77 Å². The van der Waals surface area contributed by atoms with E-state index in [1.807, 2.05) is 6.07 Å². The first-order valence-electron chi connectivity index (χ1n) is 6.11. The van der Waals surface area contributed by atoms with Crippen LogP contribution in [0.2, 0.25) is 0 Å². The maximum atomic E-state index is 11.8. The van der Waals surface area contributed by atoms with Crippen molar-refractivity contribution in [2.75, 3.05) is 0 Å². The highest BCUT2D eigenvalue weighted by molar-refractivity contribution is 7.71. The molecule has 7 nitrogen and oxygen atoms in total. The van der Waals surface area contributed by atoms with E-state index < -0.39 is 0 Å². The maximum Gasteiger partial charge on any atom is 0.251 e. The van der Waals surface area contributed by atoms with E-state index >= 15 is 0 Å². The zero-order chi connectivity index (χ0) is 15.2. The fourth-order valence-electron chi connectivity index (χ4n) is 1.61. The van der Waals surface area contributed by atoms with Crippen LogP contribution in [0.5, 0.6) is 0 Å². The number of carbonyl (C=O) groups is 1. The molecule has 0 aliphatic heterocycles. The third-order valence-electron chi connectivity index (χ3n) is 2.55. The monoisotopic (exact) mass is 303 g/mol. The molecule has 1 amide bonds. The van der Waals surface area contributed by atoms with Gasteiger partial charge in [0.25, 0.3) is 5.56 Å². The SMILES string of the molecule is C/C(=N/NC(=O)Cc1cc(=O)[nH]c(=S)[nH]1)c1ccccn1. The summed E-state index contributed by atoms with van der Waals surface area (Å²) >= 11 is 4.83. The summed E-state index contributed by atoms with van der Waals surface area (Å²) in [5.41, 5.74) is 3.74. The van der Waals surface area contributed by atoms with Crippen LogP contribution < -0.4 is 11.0 Å². The van der Waals surface area contributed by atoms with Crippen molar-refractivity contribution in [3.8, 4) is 0 Å². The Labute approximate surface area is 125 Å². The van der Waals surface area contributed by atoms with Crippen LogP contribution in [0.3, 0.4) is 0 Å². The second-order valence-electron chi connectivity index (χ2n) is 4.24. The van der Waals surface area contributed by atoms with Gasteiger partial charge in [-0.2, -0.15) is 5.10 Å². The van der Waals surface area contributed by atoms with E-state index in [1.54, 1.807) is 25.3 Å². The number of nitrogens with zero attached hydrogens (tertiary/aromatic N) is 2. The fourth-order valence-corrected chi connectivity index (χ4v) is 1.84. The topological polar surface area (TPSA) is 103 Å². The Hall–Kier alpha value is -2.61. The molecule has 0 radical (unpaired) electrons. The minimum Gasteiger partial charge on any atom is -0.335 e. The zero-order valence-electron chi connectivity index (χ0n) is 11.2. The molecule has 21 heavy (non-hydrogen) atoms. The Morgan fingerprint density at radius 3 is 2.90 bits per heavy atom. The van der Waals surface area contributed by atoms with Crippen LogP contribution in [-0.2, 0) is 11.2 Å². The Morgan fingerprint density at radius 1 is 1.43 bits per heavy atom. The number of rotatable bonds is 4. The molecule has 0 unspecified atom stereocenters. The van der Waals surface area contributed by atoms with Gasteiger partial charge in [0.1, 0.15) is 0 Å². The van der Waals surface area contributed by atoms with E-state index in [4.69, 9.17) is 12.2 Å². The van der Waals surface area contributed by atoms with Crippen LogP contribution in [0.15, 0.2) is 40.4 Å². The lowest BCUT2D eigenvalue weighted by Gasteiger charge is -2.02. The van der Waals surface area contributed by atoms with Crippen LogP contribution in [0.1, 0.15) is 18.3 Å². The highest BCUT2D eigenvalue weighted by Gasteiger charge is 2.05. The maximum absolute atomic E-state index is 11.8. The summed E-state index contributed by atoms with van der Waals surface area (Å²) in [6.45, 7) is 1.74. The summed E-state index contributed by atoms with van der Waals surface area (Å²) in [5.74, 6) is -0.360. The number of hydrazone groups is 1. The number of carbonyl (C=O) groups excluding carboxylic acids is 1. The minimum atomic E-state index is -0.360.